The molecule has 4 heteroatoms. The summed E-state index contributed by atoms with van der Waals surface area (Å²) in [6.45, 7) is 7.36. The summed E-state index contributed by atoms with van der Waals surface area (Å²) >= 11 is 0. The van der Waals surface area contributed by atoms with Crippen molar-refractivity contribution >= 4 is 6.29 Å². The second-order valence-corrected chi connectivity index (χ2v) is 7.15. The predicted molar refractivity (Wildman–Crippen MR) is 100 cm³/mol. The minimum atomic E-state index is -0.645. The molecule has 0 aliphatic carbocycles. The predicted octanol–water partition coefficient (Wildman–Crippen LogP) is 4.26. The van der Waals surface area contributed by atoms with Crippen LogP contribution in [0.4, 0.5) is 0 Å². The van der Waals surface area contributed by atoms with Crippen molar-refractivity contribution in [1.82, 2.24) is 0 Å². The van der Waals surface area contributed by atoms with Gasteiger partial charge in [0.25, 0.3) is 0 Å². The normalized spacial score (nSPS) is 22.1. The Balaban J connectivity index is 1.75. The molecule has 1 heterocycles. The van der Waals surface area contributed by atoms with Crippen molar-refractivity contribution in [3.05, 3.63) is 70.8 Å². The number of carbonyl (C=O) groups is 1. The van der Waals surface area contributed by atoms with Gasteiger partial charge in [-0.1, -0.05) is 48.5 Å². The van der Waals surface area contributed by atoms with Crippen LogP contribution in [0.1, 0.15) is 46.8 Å². The Labute approximate surface area is 155 Å². The topological polar surface area (TPSA) is 44.8 Å². The first kappa shape index (κ1) is 18.8. The molecule has 1 aliphatic rings. The fourth-order valence-electron chi connectivity index (χ4n) is 3.39. The molecule has 0 N–H and O–H groups in total. The van der Waals surface area contributed by atoms with Crippen LogP contribution in [0.2, 0.25) is 0 Å². The zero-order valence-corrected chi connectivity index (χ0v) is 15.6. The van der Waals surface area contributed by atoms with Crippen molar-refractivity contribution in [1.29, 1.82) is 0 Å². The van der Waals surface area contributed by atoms with E-state index < -0.39 is 5.79 Å². The van der Waals surface area contributed by atoms with E-state index in [0.717, 1.165) is 23.0 Å². The molecule has 1 saturated heterocycles. The Morgan fingerprint density at radius 2 is 1.92 bits per heavy atom. The zero-order valence-electron chi connectivity index (χ0n) is 15.6. The van der Waals surface area contributed by atoms with Gasteiger partial charge in [0.05, 0.1) is 25.9 Å². The molecule has 138 valence electrons. The number of ether oxygens (including phenoxy) is 3. The molecule has 0 saturated carbocycles. The average molecular weight is 354 g/mol. The Morgan fingerprint density at radius 1 is 1.15 bits per heavy atom. The van der Waals surface area contributed by atoms with Crippen molar-refractivity contribution < 1.29 is 19.0 Å². The van der Waals surface area contributed by atoms with E-state index in [1.54, 1.807) is 0 Å². The van der Waals surface area contributed by atoms with Gasteiger partial charge in [-0.25, -0.2) is 0 Å². The lowest BCUT2D eigenvalue weighted by atomic mass is 9.88. The molecule has 2 unspecified atom stereocenters. The molecule has 0 radical (unpaired) electrons. The Bertz CT molecular complexity index is 739. The van der Waals surface area contributed by atoms with Crippen LogP contribution in [0, 0.1) is 6.92 Å². The van der Waals surface area contributed by atoms with Gasteiger partial charge in [0.2, 0.25) is 0 Å². The largest absolute Gasteiger partial charge is 0.374 e. The van der Waals surface area contributed by atoms with Gasteiger partial charge in [0, 0.05) is 11.5 Å². The summed E-state index contributed by atoms with van der Waals surface area (Å²) in [7, 11) is 0. The molecule has 0 amide bonds. The van der Waals surface area contributed by atoms with Gasteiger partial charge in [-0.2, -0.15) is 0 Å². The molecule has 0 bridgehead atoms. The van der Waals surface area contributed by atoms with Crippen LogP contribution < -0.4 is 0 Å². The molecule has 3 rings (SSSR count). The highest BCUT2D eigenvalue weighted by Crippen LogP contribution is 2.35. The van der Waals surface area contributed by atoms with E-state index in [0.29, 0.717) is 25.4 Å². The number of rotatable bonds is 6. The van der Waals surface area contributed by atoms with Gasteiger partial charge in [-0.15, -0.1) is 0 Å². The second kappa shape index (κ2) is 8.12. The van der Waals surface area contributed by atoms with Crippen LogP contribution in [-0.2, 0) is 20.8 Å². The van der Waals surface area contributed by atoms with Gasteiger partial charge < -0.3 is 14.2 Å². The van der Waals surface area contributed by atoms with Crippen LogP contribution in [0.5, 0.6) is 0 Å². The van der Waals surface area contributed by atoms with Crippen molar-refractivity contribution in [2.24, 2.45) is 0 Å². The highest BCUT2D eigenvalue weighted by Gasteiger charge is 2.38. The third-order valence-electron chi connectivity index (χ3n) is 4.83. The Hall–Kier alpha value is -2.01. The zero-order chi connectivity index (χ0) is 18.6. The number of benzene rings is 2. The summed E-state index contributed by atoms with van der Waals surface area (Å²) in [6, 6.07) is 15.9. The lowest BCUT2D eigenvalue weighted by molar-refractivity contribution is -0.288. The molecular weight excluding hydrogens is 328 g/mol. The molecule has 1 aliphatic heterocycles. The van der Waals surface area contributed by atoms with E-state index in [9.17, 15) is 4.79 Å². The maximum atomic E-state index is 11.3. The minimum absolute atomic E-state index is 0.0266. The molecule has 26 heavy (non-hydrogen) atoms. The summed E-state index contributed by atoms with van der Waals surface area (Å²) in [5.74, 6) is -0.619. The quantitative estimate of drug-likeness (QED) is 0.727. The first-order valence-electron chi connectivity index (χ1n) is 8.98. The molecule has 2 aromatic carbocycles. The molecule has 2 atom stereocenters. The first-order valence-corrected chi connectivity index (χ1v) is 8.98. The fourth-order valence-corrected chi connectivity index (χ4v) is 3.39. The highest BCUT2D eigenvalue weighted by atomic mass is 16.7. The third-order valence-corrected chi connectivity index (χ3v) is 4.83. The monoisotopic (exact) mass is 354 g/mol. The van der Waals surface area contributed by atoms with E-state index in [-0.39, 0.29) is 12.0 Å². The summed E-state index contributed by atoms with van der Waals surface area (Å²) in [5, 5.41) is 0. The standard InChI is InChI=1S/C22H26O4/c1-16-18(12-23)10-7-11-19(16)20-14-25-22(2,3)26-21(20)15-24-13-17-8-5-4-6-9-17/h4-12,20-21H,13-15H2,1-3H3. The minimum Gasteiger partial charge on any atom is -0.374 e. The van der Waals surface area contributed by atoms with E-state index in [2.05, 4.69) is 0 Å². The lowest BCUT2D eigenvalue weighted by Gasteiger charge is -2.41. The van der Waals surface area contributed by atoms with Crippen LogP contribution in [-0.4, -0.2) is 31.4 Å². The van der Waals surface area contributed by atoms with E-state index in [4.69, 9.17) is 14.2 Å². The average Bonchev–Trinajstić information content (AvgIpc) is 2.63. The summed E-state index contributed by atoms with van der Waals surface area (Å²) in [6.07, 6.45) is 0.761. The molecule has 1 fully saturated rings. The second-order valence-electron chi connectivity index (χ2n) is 7.15. The van der Waals surface area contributed by atoms with Crippen molar-refractivity contribution in [3.8, 4) is 0 Å². The molecule has 4 nitrogen and oxygen atoms in total. The van der Waals surface area contributed by atoms with Gasteiger partial charge >= 0.3 is 0 Å². The molecule has 0 spiro atoms. The lowest BCUT2D eigenvalue weighted by Crippen LogP contribution is -2.46. The van der Waals surface area contributed by atoms with Crippen LogP contribution >= 0.6 is 0 Å². The van der Waals surface area contributed by atoms with Crippen LogP contribution in [0.25, 0.3) is 0 Å². The van der Waals surface area contributed by atoms with Gasteiger partial charge in [0.1, 0.15) is 6.29 Å². The number of hydrogen-bond donors (Lipinski definition) is 0. The summed E-state index contributed by atoms with van der Waals surface area (Å²) < 4.78 is 18.0. The van der Waals surface area contributed by atoms with Gasteiger partial charge in [0.15, 0.2) is 5.79 Å². The molecule has 0 aromatic heterocycles. The van der Waals surface area contributed by atoms with E-state index >= 15 is 0 Å². The van der Waals surface area contributed by atoms with Crippen molar-refractivity contribution in [2.45, 2.75) is 45.2 Å². The fraction of sp³-hybridized carbons (Fsp3) is 0.409. The summed E-state index contributed by atoms with van der Waals surface area (Å²) in [5.41, 5.74) is 3.90. The maximum absolute atomic E-state index is 11.3. The maximum Gasteiger partial charge on any atom is 0.163 e. The molecular formula is C22H26O4. The number of carbonyl (C=O) groups excluding carboxylic acids is 1. The smallest absolute Gasteiger partial charge is 0.163 e. The first-order chi connectivity index (χ1) is 12.5. The summed E-state index contributed by atoms with van der Waals surface area (Å²) in [4.78, 5) is 11.3. The van der Waals surface area contributed by atoms with Crippen LogP contribution in [0.15, 0.2) is 48.5 Å². The van der Waals surface area contributed by atoms with Crippen molar-refractivity contribution in [3.63, 3.8) is 0 Å². The van der Waals surface area contributed by atoms with Crippen molar-refractivity contribution in [2.75, 3.05) is 13.2 Å². The number of aldehydes is 1. The number of hydrogen-bond acceptors (Lipinski definition) is 4. The van der Waals surface area contributed by atoms with E-state index in [1.165, 1.54) is 0 Å². The Kier molecular flexibility index (Phi) is 5.87. The Morgan fingerprint density at radius 3 is 2.65 bits per heavy atom. The van der Waals surface area contributed by atoms with E-state index in [1.807, 2.05) is 69.3 Å². The highest BCUT2D eigenvalue weighted by molar-refractivity contribution is 5.77. The SMILES string of the molecule is Cc1c(C=O)cccc1C1COC(C)(C)OC1COCc1ccccc1. The van der Waals surface area contributed by atoms with Crippen LogP contribution in [0.3, 0.4) is 0 Å². The third kappa shape index (κ3) is 4.39. The van der Waals surface area contributed by atoms with Gasteiger partial charge in [-0.3, -0.25) is 4.79 Å². The van der Waals surface area contributed by atoms with Gasteiger partial charge in [-0.05, 0) is 37.5 Å². The molecule has 2 aromatic rings.